The molecule has 8 heteroatoms. The van der Waals surface area contributed by atoms with Crippen LogP contribution in [0.25, 0.3) is 0 Å². The van der Waals surface area contributed by atoms with Gasteiger partial charge in [-0.2, -0.15) is 9.29 Å². The minimum atomic E-state index is -3.13. The largest absolute Gasteiger partial charge is 0.376 e. The Labute approximate surface area is 118 Å². The molecule has 0 unspecified atom stereocenters. The van der Waals surface area contributed by atoms with Gasteiger partial charge < -0.3 is 9.26 Å². The van der Waals surface area contributed by atoms with Gasteiger partial charge in [-0.25, -0.2) is 8.42 Å². The summed E-state index contributed by atoms with van der Waals surface area (Å²) in [5.74, 6) is 1.84. The number of sulfonamides is 1. The summed E-state index contributed by atoms with van der Waals surface area (Å²) in [5.41, 5.74) is 0. The fourth-order valence-corrected chi connectivity index (χ4v) is 4.17. The molecule has 3 heterocycles. The monoisotopic (exact) mass is 301 g/mol. The van der Waals surface area contributed by atoms with Crippen LogP contribution in [-0.2, 0) is 21.2 Å². The molecule has 2 aliphatic heterocycles. The van der Waals surface area contributed by atoms with Gasteiger partial charge in [-0.15, -0.1) is 0 Å². The molecule has 112 valence electrons. The Kier molecular flexibility index (Phi) is 3.55. The molecule has 0 spiro atoms. The van der Waals surface area contributed by atoms with Crippen molar-refractivity contribution < 1.29 is 17.7 Å². The topological polar surface area (TPSA) is 85.5 Å². The Morgan fingerprint density at radius 2 is 2.20 bits per heavy atom. The lowest BCUT2D eigenvalue weighted by atomic mass is 9.90. The standard InChI is InChI=1S/C12H19N3O4S/c1-3-20(16,17)15-5-10-9(7-18-11(10)6-15)4-12-13-8(2)14-19-12/h9-11H,3-7H2,1-2H3/t9-,10-,11-/m1/s1. The predicted octanol–water partition coefficient (Wildman–Crippen LogP) is 0.217. The molecule has 2 fully saturated rings. The Morgan fingerprint density at radius 1 is 1.40 bits per heavy atom. The van der Waals surface area contributed by atoms with Crippen LogP contribution in [0.5, 0.6) is 0 Å². The van der Waals surface area contributed by atoms with Crippen molar-refractivity contribution in [1.82, 2.24) is 14.4 Å². The summed E-state index contributed by atoms with van der Waals surface area (Å²) in [5, 5.41) is 3.78. The molecule has 20 heavy (non-hydrogen) atoms. The van der Waals surface area contributed by atoms with Crippen molar-refractivity contribution in [3.8, 4) is 0 Å². The fraction of sp³-hybridized carbons (Fsp3) is 0.833. The molecule has 2 saturated heterocycles. The van der Waals surface area contributed by atoms with E-state index < -0.39 is 10.0 Å². The lowest BCUT2D eigenvalue weighted by molar-refractivity contribution is 0.103. The smallest absolute Gasteiger partial charge is 0.227 e. The zero-order chi connectivity index (χ0) is 14.3. The van der Waals surface area contributed by atoms with E-state index >= 15 is 0 Å². The number of aryl methyl sites for hydroxylation is 1. The van der Waals surface area contributed by atoms with Crippen LogP contribution in [0.4, 0.5) is 0 Å². The number of nitrogens with zero attached hydrogens (tertiary/aromatic N) is 3. The molecule has 1 aromatic rings. The number of ether oxygens (including phenoxy) is 1. The molecule has 0 radical (unpaired) electrons. The first-order valence-electron chi connectivity index (χ1n) is 6.88. The van der Waals surface area contributed by atoms with Crippen LogP contribution in [-0.4, -0.2) is 54.4 Å². The second-order valence-electron chi connectivity index (χ2n) is 5.45. The van der Waals surface area contributed by atoms with E-state index in [0.717, 1.165) is 0 Å². The Morgan fingerprint density at radius 3 is 2.85 bits per heavy atom. The molecule has 1 aromatic heterocycles. The maximum Gasteiger partial charge on any atom is 0.227 e. The van der Waals surface area contributed by atoms with Crippen molar-refractivity contribution >= 4 is 10.0 Å². The van der Waals surface area contributed by atoms with Crippen LogP contribution in [0.15, 0.2) is 4.52 Å². The van der Waals surface area contributed by atoms with E-state index in [4.69, 9.17) is 9.26 Å². The van der Waals surface area contributed by atoms with Gasteiger partial charge in [-0.1, -0.05) is 5.16 Å². The summed E-state index contributed by atoms with van der Waals surface area (Å²) in [6, 6.07) is 0. The van der Waals surface area contributed by atoms with Crippen molar-refractivity contribution in [2.45, 2.75) is 26.4 Å². The minimum Gasteiger partial charge on any atom is -0.376 e. The minimum absolute atomic E-state index is 0.00495. The molecule has 0 N–H and O–H groups in total. The third-order valence-electron chi connectivity index (χ3n) is 4.17. The van der Waals surface area contributed by atoms with Crippen molar-refractivity contribution in [1.29, 1.82) is 0 Å². The highest BCUT2D eigenvalue weighted by Crippen LogP contribution is 2.36. The highest BCUT2D eigenvalue weighted by atomic mass is 32.2. The molecule has 0 amide bonds. The Balaban J connectivity index is 1.68. The molecular formula is C12H19N3O4S. The van der Waals surface area contributed by atoms with E-state index in [1.165, 1.54) is 0 Å². The van der Waals surface area contributed by atoms with Crippen molar-refractivity contribution in [2.24, 2.45) is 11.8 Å². The molecule has 0 saturated carbocycles. The Bertz CT molecular complexity index is 585. The molecule has 3 rings (SSSR count). The van der Waals surface area contributed by atoms with Crippen LogP contribution < -0.4 is 0 Å². The van der Waals surface area contributed by atoms with E-state index in [2.05, 4.69) is 10.1 Å². The van der Waals surface area contributed by atoms with Crippen LogP contribution in [0, 0.1) is 18.8 Å². The fourth-order valence-electron chi connectivity index (χ4n) is 3.03. The first-order valence-corrected chi connectivity index (χ1v) is 8.49. The van der Waals surface area contributed by atoms with E-state index in [1.54, 1.807) is 18.2 Å². The predicted molar refractivity (Wildman–Crippen MR) is 70.5 cm³/mol. The number of hydrogen-bond acceptors (Lipinski definition) is 6. The summed E-state index contributed by atoms with van der Waals surface area (Å²) < 4.78 is 36.3. The second kappa shape index (κ2) is 5.09. The number of rotatable bonds is 4. The van der Waals surface area contributed by atoms with Gasteiger partial charge in [0.15, 0.2) is 5.82 Å². The van der Waals surface area contributed by atoms with Crippen molar-refractivity contribution in [3.63, 3.8) is 0 Å². The van der Waals surface area contributed by atoms with E-state index in [-0.39, 0.29) is 23.7 Å². The third kappa shape index (κ3) is 2.47. The summed E-state index contributed by atoms with van der Waals surface area (Å²) in [6.07, 6.45) is 0.660. The summed E-state index contributed by atoms with van der Waals surface area (Å²) in [6.45, 7) is 5.10. The van der Waals surface area contributed by atoms with E-state index in [9.17, 15) is 8.42 Å². The second-order valence-corrected chi connectivity index (χ2v) is 7.71. The van der Waals surface area contributed by atoms with Gasteiger partial charge >= 0.3 is 0 Å². The van der Waals surface area contributed by atoms with E-state index in [0.29, 0.717) is 37.8 Å². The van der Waals surface area contributed by atoms with Crippen LogP contribution in [0.3, 0.4) is 0 Å². The Hall–Kier alpha value is -0.990. The van der Waals surface area contributed by atoms with E-state index in [1.807, 2.05) is 0 Å². The van der Waals surface area contributed by atoms with Gasteiger partial charge in [0.1, 0.15) is 0 Å². The number of fused-ring (bicyclic) bond motifs is 1. The lowest BCUT2D eigenvalue weighted by Crippen LogP contribution is -2.32. The highest BCUT2D eigenvalue weighted by Gasteiger charge is 2.47. The maximum atomic E-state index is 11.9. The highest BCUT2D eigenvalue weighted by molar-refractivity contribution is 7.89. The average Bonchev–Trinajstić information content (AvgIpc) is 3.07. The molecular weight excluding hydrogens is 282 g/mol. The molecule has 0 bridgehead atoms. The summed E-state index contributed by atoms with van der Waals surface area (Å²) in [7, 11) is -3.13. The van der Waals surface area contributed by atoms with Crippen LogP contribution >= 0.6 is 0 Å². The number of aromatic nitrogens is 2. The van der Waals surface area contributed by atoms with Gasteiger partial charge in [-0.3, -0.25) is 0 Å². The molecule has 0 aromatic carbocycles. The zero-order valence-electron chi connectivity index (χ0n) is 11.7. The third-order valence-corrected chi connectivity index (χ3v) is 5.98. The number of hydrogen-bond donors (Lipinski definition) is 0. The SMILES string of the molecule is CCS(=O)(=O)N1C[C@@H]2[C@H](Cc3nc(C)no3)CO[C@@H]2C1. The normalized spacial score (nSPS) is 30.8. The zero-order valence-corrected chi connectivity index (χ0v) is 12.5. The quantitative estimate of drug-likeness (QED) is 0.790. The van der Waals surface area contributed by atoms with Gasteiger partial charge in [-0.05, 0) is 19.8 Å². The van der Waals surface area contributed by atoms with Gasteiger partial charge in [0.05, 0.1) is 18.5 Å². The lowest BCUT2D eigenvalue weighted by Gasteiger charge is -2.18. The molecule has 0 aliphatic carbocycles. The summed E-state index contributed by atoms with van der Waals surface area (Å²) in [4.78, 5) is 4.21. The first kappa shape index (κ1) is 14.0. The van der Waals surface area contributed by atoms with Gasteiger partial charge in [0.2, 0.25) is 15.9 Å². The maximum absolute atomic E-state index is 11.9. The molecule has 3 atom stereocenters. The van der Waals surface area contributed by atoms with Gasteiger partial charge in [0, 0.05) is 25.4 Å². The van der Waals surface area contributed by atoms with Crippen LogP contribution in [0.1, 0.15) is 18.6 Å². The van der Waals surface area contributed by atoms with Crippen molar-refractivity contribution in [2.75, 3.05) is 25.4 Å². The van der Waals surface area contributed by atoms with Crippen molar-refractivity contribution in [3.05, 3.63) is 11.7 Å². The van der Waals surface area contributed by atoms with Crippen LogP contribution in [0.2, 0.25) is 0 Å². The molecule has 2 aliphatic rings. The average molecular weight is 301 g/mol. The first-order chi connectivity index (χ1) is 9.49. The summed E-state index contributed by atoms with van der Waals surface area (Å²) >= 11 is 0. The van der Waals surface area contributed by atoms with Gasteiger partial charge in [0.25, 0.3) is 0 Å². The molecule has 7 nitrogen and oxygen atoms in total.